The molecule has 3 N–H and O–H groups in total. The summed E-state index contributed by atoms with van der Waals surface area (Å²) in [5.41, 5.74) is -1.78. The fourth-order valence-corrected chi connectivity index (χ4v) is 1.84. The molecule has 122 valence electrons. The van der Waals surface area contributed by atoms with E-state index in [1.165, 1.54) is 19.1 Å². The number of hydrogen-bond donors (Lipinski definition) is 3. The minimum absolute atomic E-state index is 0.189. The second kappa shape index (κ2) is 6.54. The van der Waals surface area contributed by atoms with Crippen molar-refractivity contribution in [2.24, 2.45) is 0 Å². The van der Waals surface area contributed by atoms with Gasteiger partial charge in [0.1, 0.15) is 5.60 Å². The van der Waals surface area contributed by atoms with E-state index in [-0.39, 0.29) is 6.42 Å². The Morgan fingerprint density at radius 1 is 1.27 bits per heavy atom. The van der Waals surface area contributed by atoms with Gasteiger partial charge in [0, 0.05) is 17.1 Å². The number of anilines is 1. The van der Waals surface area contributed by atoms with E-state index in [0.29, 0.717) is 16.3 Å². The van der Waals surface area contributed by atoms with Crippen LogP contribution >= 0.6 is 11.6 Å². The van der Waals surface area contributed by atoms with Crippen molar-refractivity contribution in [2.45, 2.75) is 45.3 Å². The molecule has 1 unspecified atom stereocenters. The van der Waals surface area contributed by atoms with Gasteiger partial charge in [0.05, 0.1) is 0 Å². The number of halogens is 1. The molecular formula is C15H20ClNO5. The molecule has 1 rings (SSSR count). The van der Waals surface area contributed by atoms with Crippen LogP contribution in [0.2, 0.25) is 5.02 Å². The molecule has 1 atom stereocenters. The standard InChI is InChI=1S/C15H20ClNO5/c1-14(2,3)22-13(20)17-10-5-6-11(16)9(7-10)8-15(4,21)12(18)19/h5-7,21H,8H2,1-4H3,(H,17,20)(H,18,19). The van der Waals surface area contributed by atoms with Crippen molar-refractivity contribution in [1.29, 1.82) is 0 Å². The van der Waals surface area contributed by atoms with E-state index >= 15 is 0 Å². The average Bonchev–Trinajstić information content (AvgIpc) is 2.30. The van der Waals surface area contributed by atoms with Crippen molar-refractivity contribution < 1.29 is 24.5 Å². The Balaban J connectivity index is 2.91. The fraction of sp³-hybridized carbons (Fsp3) is 0.467. The minimum Gasteiger partial charge on any atom is -0.479 e. The molecule has 0 aliphatic heterocycles. The Bertz CT molecular complexity index is 578. The van der Waals surface area contributed by atoms with Crippen LogP contribution in [-0.2, 0) is 16.0 Å². The highest BCUT2D eigenvalue weighted by atomic mass is 35.5. The molecule has 0 radical (unpaired) electrons. The number of nitrogens with one attached hydrogen (secondary N) is 1. The van der Waals surface area contributed by atoms with Gasteiger partial charge >= 0.3 is 12.1 Å². The topological polar surface area (TPSA) is 95.9 Å². The van der Waals surface area contributed by atoms with E-state index in [2.05, 4.69) is 5.32 Å². The molecular weight excluding hydrogens is 310 g/mol. The van der Waals surface area contributed by atoms with Gasteiger partial charge in [-0.25, -0.2) is 9.59 Å². The molecule has 0 bridgehead atoms. The monoisotopic (exact) mass is 329 g/mol. The summed E-state index contributed by atoms with van der Waals surface area (Å²) in [6, 6.07) is 4.58. The van der Waals surface area contributed by atoms with Gasteiger partial charge in [-0.1, -0.05) is 11.6 Å². The zero-order valence-electron chi connectivity index (χ0n) is 12.9. The van der Waals surface area contributed by atoms with Gasteiger partial charge in [-0.05, 0) is 51.5 Å². The summed E-state index contributed by atoms with van der Waals surface area (Å²) in [6.07, 6.45) is -0.823. The maximum absolute atomic E-state index is 11.7. The van der Waals surface area contributed by atoms with Crippen LogP contribution in [0.15, 0.2) is 18.2 Å². The molecule has 1 aromatic carbocycles. The maximum atomic E-state index is 11.7. The van der Waals surface area contributed by atoms with Crippen LogP contribution in [0.5, 0.6) is 0 Å². The van der Waals surface area contributed by atoms with Gasteiger partial charge in [0.25, 0.3) is 0 Å². The van der Waals surface area contributed by atoms with Gasteiger partial charge in [-0.2, -0.15) is 0 Å². The van der Waals surface area contributed by atoms with Crippen molar-refractivity contribution in [3.63, 3.8) is 0 Å². The zero-order chi connectivity index (χ0) is 17.1. The number of carbonyl (C=O) groups excluding carboxylic acids is 1. The number of carboxylic acid groups (broad SMARTS) is 1. The Morgan fingerprint density at radius 2 is 1.86 bits per heavy atom. The van der Waals surface area contributed by atoms with Crippen LogP contribution < -0.4 is 5.32 Å². The number of benzene rings is 1. The number of hydrogen-bond acceptors (Lipinski definition) is 4. The summed E-state index contributed by atoms with van der Waals surface area (Å²) in [5.74, 6) is -1.35. The molecule has 6 nitrogen and oxygen atoms in total. The first-order chi connectivity index (χ1) is 9.90. The van der Waals surface area contributed by atoms with Crippen molar-refractivity contribution in [1.82, 2.24) is 0 Å². The summed E-state index contributed by atoms with van der Waals surface area (Å²) in [6.45, 7) is 6.40. The minimum atomic E-state index is -1.95. The summed E-state index contributed by atoms with van der Waals surface area (Å²) < 4.78 is 5.12. The molecule has 0 heterocycles. The highest BCUT2D eigenvalue weighted by Gasteiger charge is 2.31. The van der Waals surface area contributed by atoms with Crippen LogP contribution in [0.25, 0.3) is 0 Å². The first-order valence-electron chi connectivity index (χ1n) is 6.65. The lowest BCUT2D eigenvalue weighted by Crippen LogP contribution is -2.37. The summed E-state index contributed by atoms with van der Waals surface area (Å²) in [4.78, 5) is 22.7. The summed E-state index contributed by atoms with van der Waals surface area (Å²) in [7, 11) is 0. The Hall–Kier alpha value is -1.79. The van der Waals surface area contributed by atoms with Crippen molar-refractivity contribution in [3.05, 3.63) is 28.8 Å². The van der Waals surface area contributed by atoms with E-state index in [0.717, 1.165) is 0 Å². The SMILES string of the molecule is CC(C)(C)OC(=O)Nc1ccc(Cl)c(CC(C)(O)C(=O)O)c1. The molecule has 7 heteroatoms. The van der Waals surface area contributed by atoms with Crippen LogP contribution in [0, 0.1) is 0 Å². The van der Waals surface area contributed by atoms with Crippen LogP contribution in [-0.4, -0.2) is 33.5 Å². The highest BCUT2D eigenvalue weighted by Crippen LogP contribution is 2.25. The molecule has 0 saturated carbocycles. The second-order valence-electron chi connectivity index (χ2n) is 6.19. The molecule has 0 aliphatic rings. The number of amides is 1. The Kier molecular flexibility index (Phi) is 5.43. The smallest absolute Gasteiger partial charge is 0.412 e. The number of carbonyl (C=O) groups is 2. The van der Waals surface area contributed by atoms with Crippen molar-refractivity contribution in [3.8, 4) is 0 Å². The van der Waals surface area contributed by atoms with Gasteiger partial charge in [-0.15, -0.1) is 0 Å². The molecule has 0 saturated heterocycles. The first kappa shape index (κ1) is 18.3. The number of ether oxygens (including phenoxy) is 1. The predicted octanol–water partition coefficient (Wildman–Crippen LogP) is 3.07. The van der Waals surface area contributed by atoms with Crippen molar-refractivity contribution in [2.75, 3.05) is 5.32 Å². The van der Waals surface area contributed by atoms with E-state index in [1.54, 1.807) is 26.8 Å². The molecule has 1 amide bonds. The number of carboxylic acids is 1. The third-order valence-corrected chi connectivity index (χ3v) is 3.06. The van der Waals surface area contributed by atoms with Crippen LogP contribution in [0.4, 0.5) is 10.5 Å². The van der Waals surface area contributed by atoms with Gasteiger partial charge in [0.2, 0.25) is 0 Å². The molecule has 0 aliphatic carbocycles. The second-order valence-corrected chi connectivity index (χ2v) is 6.60. The van der Waals surface area contributed by atoms with Gasteiger partial charge in [-0.3, -0.25) is 5.32 Å². The highest BCUT2D eigenvalue weighted by molar-refractivity contribution is 6.31. The molecule has 1 aromatic rings. The van der Waals surface area contributed by atoms with E-state index in [9.17, 15) is 14.7 Å². The van der Waals surface area contributed by atoms with Crippen LogP contribution in [0.1, 0.15) is 33.3 Å². The van der Waals surface area contributed by atoms with Crippen LogP contribution in [0.3, 0.4) is 0 Å². The van der Waals surface area contributed by atoms with E-state index in [4.69, 9.17) is 21.4 Å². The van der Waals surface area contributed by atoms with E-state index in [1.807, 2.05) is 0 Å². The fourth-order valence-electron chi connectivity index (χ4n) is 1.66. The molecule has 0 aromatic heterocycles. The zero-order valence-corrected chi connectivity index (χ0v) is 13.7. The third kappa shape index (κ3) is 5.54. The molecule has 0 fully saturated rings. The first-order valence-corrected chi connectivity index (χ1v) is 7.03. The Morgan fingerprint density at radius 3 is 2.36 bits per heavy atom. The summed E-state index contributed by atoms with van der Waals surface area (Å²) >= 11 is 6.00. The molecule has 22 heavy (non-hydrogen) atoms. The third-order valence-electron chi connectivity index (χ3n) is 2.69. The predicted molar refractivity (Wildman–Crippen MR) is 83.3 cm³/mol. The summed E-state index contributed by atoms with van der Waals surface area (Å²) in [5, 5.41) is 21.6. The lowest BCUT2D eigenvalue weighted by Gasteiger charge is -2.21. The normalized spacial score (nSPS) is 14.1. The van der Waals surface area contributed by atoms with Gasteiger partial charge in [0.15, 0.2) is 5.60 Å². The average molecular weight is 330 g/mol. The molecule has 0 spiro atoms. The number of aliphatic hydroxyl groups is 1. The Labute approximate surface area is 134 Å². The van der Waals surface area contributed by atoms with Crippen molar-refractivity contribution >= 4 is 29.4 Å². The number of rotatable bonds is 4. The largest absolute Gasteiger partial charge is 0.479 e. The quantitative estimate of drug-likeness (QED) is 0.789. The lowest BCUT2D eigenvalue weighted by molar-refractivity contribution is -0.156. The number of aliphatic carboxylic acids is 1. The van der Waals surface area contributed by atoms with E-state index < -0.39 is 23.3 Å². The lowest BCUT2D eigenvalue weighted by atomic mass is 9.96. The maximum Gasteiger partial charge on any atom is 0.412 e. The van der Waals surface area contributed by atoms with Gasteiger partial charge < -0.3 is 14.9 Å².